The van der Waals surface area contributed by atoms with E-state index < -0.39 is 30.5 Å². The Morgan fingerprint density at radius 2 is 1.77 bits per heavy atom. The molecule has 0 unspecified atom stereocenters. The first-order valence-electron chi connectivity index (χ1n) is 5.94. The van der Waals surface area contributed by atoms with E-state index in [-0.39, 0.29) is 10.6 Å². The zero-order valence-corrected chi connectivity index (χ0v) is 11.5. The van der Waals surface area contributed by atoms with Crippen molar-refractivity contribution in [1.29, 1.82) is 0 Å². The maximum absolute atomic E-state index is 13.3. The fraction of sp³-hybridized carbons (Fsp3) is 0.636. The number of halogens is 7. The maximum atomic E-state index is 13.3. The first kappa shape index (κ1) is 18.2. The highest BCUT2D eigenvalue weighted by Gasteiger charge is 2.76. The van der Waals surface area contributed by atoms with Crippen LogP contribution in [-0.4, -0.2) is 45.7 Å². The van der Waals surface area contributed by atoms with Crippen molar-refractivity contribution >= 4 is 5.91 Å². The predicted molar refractivity (Wildman–Crippen MR) is 60.3 cm³/mol. The van der Waals surface area contributed by atoms with Gasteiger partial charge in [0, 0.05) is 19.8 Å². The van der Waals surface area contributed by atoms with E-state index in [9.17, 15) is 35.5 Å². The van der Waals surface area contributed by atoms with Gasteiger partial charge in [-0.3, -0.25) is 9.48 Å². The first-order chi connectivity index (χ1) is 9.86. The third-order valence-electron chi connectivity index (χ3n) is 2.87. The lowest BCUT2D eigenvalue weighted by Gasteiger charge is -2.30. The van der Waals surface area contributed by atoms with E-state index in [1.165, 1.54) is 16.9 Å². The fourth-order valence-electron chi connectivity index (χ4n) is 1.65. The molecule has 0 atom stereocenters. The smallest absolute Gasteiger partial charge is 0.334 e. The highest BCUT2D eigenvalue weighted by atomic mass is 19.4. The van der Waals surface area contributed by atoms with Crippen molar-refractivity contribution in [2.24, 2.45) is 0 Å². The van der Waals surface area contributed by atoms with Crippen LogP contribution in [0.3, 0.4) is 0 Å². The molecule has 0 saturated heterocycles. The summed E-state index contributed by atoms with van der Waals surface area (Å²) in [4.78, 5) is 11.5. The number of rotatable bonds is 5. The van der Waals surface area contributed by atoms with Gasteiger partial charge in [0.2, 0.25) is 0 Å². The zero-order valence-electron chi connectivity index (χ0n) is 11.5. The van der Waals surface area contributed by atoms with Crippen LogP contribution < -0.4 is 0 Å². The molecule has 0 aliphatic carbocycles. The molecule has 1 aromatic rings. The zero-order chi connectivity index (χ0) is 17.3. The summed E-state index contributed by atoms with van der Waals surface area (Å²) in [5.74, 6) is -15.0. The normalized spacial score (nSPS) is 13.3. The second-order valence-corrected chi connectivity index (χ2v) is 4.45. The number of hydrogen-bond acceptors (Lipinski definition) is 2. The SMILES string of the molecule is CCn1nccc1CN(C)C(=O)C(F)(F)C(F)(F)C(F)(F)F. The van der Waals surface area contributed by atoms with Crippen LogP contribution in [0.5, 0.6) is 0 Å². The third-order valence-corrected chi connectivity index (χ3v) is 2.87. The van der Waals surface area contributed by atoms with E-state index in [1.807, 2.05) is 0 Å². The van der Waals surface area contributed by atoms with Crippen LogP contribution in [-0.2, 0) is 17.9 Å². The second kappa shape index (κ2) is 5.76. The average Bonchev–Trinajstić information content (AvgIpc) is 2.83. The minimum absolute atomic E-state index is 0.100. The largest absolute Gasteiger partial charge is 0.460 e. The van der Waals surface area contributed by atoms with Crippen LogP contribution >= 0.6 is 0 Å². The van der Waals surface area contributed by atoms with E-state index in [2.05, 4.69) is 5.10 Å². The standard InChI is InChI=1S/C11H12F7N3O/c1-3-21-7(4-5-19-21)6-20(2)8(22)9(12,13)10(14,15)11(16,17)18/h4-5H,3,6H2,1-2H3. The molecule has 22 heavy (non-hydrogen) atoms. The lowest BCUT2D eigenvalue weighted by Crippen LogP contribution is -2.59. The number of amides is 1. The van der Waals surface area contributed by atoms with E-state index in [0.29, 0.717) is 13.6 Å². The Morgan fingerprint density at radius 3 is 2.23 bits per heavy atom. The molecule has 0 aliphatic heterocycles. The highest BCUT2D eigenvalue weighted by molar-refractivity contribution is 5.84. The number of aryl methyl sites for hydroxylation is 1. The van der Waals surface area contributed by atoms with E-state index in [0.717, 1.165) is 0 Å². The van der Waals surface area contributed by atoms with Crippen LogP contribution in [0.2, 0.25) is 0 Å². The van der Waals surface area contributed by atoms with Crippen LogP contribution in [0.1, 0.15) is 12.6 Å². The van der Waals surface area contributed by atoms with Gasteiger partial charge < -0.3 is 4.90 Å². The molecule has 1 rings (SSSR count). The van der Waals surface area contributed by atoms with Gasteiger partial charge in [0.05, 0.1) is 12.2 Å². The van der Waals surface area contributed by atoms with Crippen LogP contribution in [0.15, 0.2) is 12.3 Å². The quantitative estimate of drug-likeness (QED) is 0.776. The molecule has 0 spiro atoms. The Labute approximate surface area is 120 Å². The van der Waals surface area contributed by atoms with Crippen molar-refractivity contribution in [3.8, 4) is 0 Å². The minimum atomic E-state index is -6.54. The summed E-state index contributed by atoms with van der Waals surface area (Å²) >= 11 is 0. The van der Waals surface area contributed by atoms with Crippen LogP contribution in [0.4, 0.5) is 30.7 Å². The van der Waals surface area contributed by atoms with Gasteiger partial charge in [-0.2, -0.15) is 35.8 Å². The summed E-state index contributed by atoms with van der Waals surface area (Å²) in [6.07, 6.45) is -5.27. The molecule has 1 heterocycles. The van der Waals surface area contributed by atoms with E-state index in [1.54, 1.807) is 6.92 Å². The highest BCUT2D eigenvalue weighted by Crippen LogP contribution is 2.47. The number of carbonyl (C=O) groups is 1. The molecule has 0 radical (unpaired) electrons. The third kappa shape index (κ3) is 3.02. The number of nitrogens with zero attached hydrogens (tertiary/aromatic N) is 3. The molecule has 11 heteroatoms. The molecule has 1 amide bonds. The van der Waals surface area contributed by atoms with Crippen LogP contribution in [0.25, 0.3) is 0 Å². The topological polar surface area (TPSA) is 38.1 Å². The molecular weight excluding hydrogens is 323 g/mol. The van der Waals surface area contributed by atoms with Crippen molar-refractivity contribution in [2.75, 3.05) is 7.05 Å². The van der Waals surface area contributed by atoms with Gasteiger partial charge in [-0.25, -0.2) is 0 Å². The predicted octanol–water partition coefficient (Wildman–Crippen LogP) is 2.69. The summed E-state index contributed by atoms with van der Waals surface area (Å²) in [5.41, 5.74) is 0.212. The van der Waals surface area contributed by atoms with Crippen molar-refractivity contribution in [2.45, 2.75) is 38.0 Å². The molecule has 1 aromatic heterocycles. The first-order valence-corrected chi connectivity index (χ1v) is 5.94. The van der Waals surface area contributed by atoms with Crippen molar-refractivity contribution in [1.82, 2.24) is 14.7 Å². The van der Waals surface area contributed by atoms with Crippen molar-refractivity contribution in [3.05, 3.63) is 18.0 Å². The Kier molecular flexibility index (Phi) is 4.78. The number of alkyl halides is 7. The summed E-state index contributed by atoms with van der Waals surface area (Å²) in [6, 6.07) is 1.33. The lowest BCUT2D eigenvalue weighted by molar-refractivity contribution is -0.345. The fourth-order valence-corrected chi connectivity index (χ4v) is 1.65. The van der Waals surface area contributed by atoms with Crippen molar-refractivity contribution in [3.63, 3.8) is 0 Å². The molecule has 0 bridgehead atoms. The van der Waals surface area contributed by atoms with Crippen molar-refractivity contribution < 1.29 is 35.5 Å². The van der Waals surface area contributed by atoms with Gasteiger partial charge in [0.25, 0.3) is 5.91 Å². The minimum Gasteiger partial charge on any atom is -0.334 e. The van der Waals surface area contributed by atoms with E-state index >= 15 is 0 Å². The average molecular weight is 335 g/mol. The summed E-state index contributed by atoms with van der Waals surface area (Å²) < 4.78 is 89.5. The maximum Gasteiger partial charge on any atom is 0.460 e. The van der Waals surface area contributed by atoms with Crippen LogP contribution in [0, 0.1) is 0 Å². The Balaban J connectivity index is 2.99. The summed E-state index contributed by atoms with van der Waals surface area (Å²) in [5, 5.41) is 3.76. The van der Waals surface area contributed by atoms with E-state index in [4.69, 9.17) is 0 Å². The van der Waals surface area contributed by atoms with Gasteiger partial charge in [-0.05, 0) is 13.0 Å². The number of carbonyl (C=O) groups excluding carboxylic acids is 1. The summed E-state index contributed by atoms with van der Waals surface area (Å²) in [7, 11) is 0.704. The molecule has 0 saturated carbocycles. The van der Waals surface area contributed by atoms with Gasteiger partial charge in [-0.15, -0.1) is 0 Å². The molecule has 0 aromatic carbocycles. The Bertz CT molecular complexity index is 538. The van der Waals surface area contributed by atoms with Gasteiger partial charge in [-0.1, -0.05) is 0 Å². The molecule has 4 nitrogen and oxygen atoms in total. The molecule has 0 aliphatic rings. The van der Waals surface area contributed by atoms with Gasteiger partial charge >= 0.3 is 18.0 Å². The Morgan fingerprint density at radius 1 is 1.23 bits per heavy atom. The monoisotopic (exact) mass is 335 g/mol. The molecule has 126 valence electrons. The van der Waals surface area contributed by atoms with Gasteiger partial charge in [0.1, 0.15) is 0 Å². The summed E-state index contributed by atoms with van der Waals surface area (Å²) in [6.45, 7) is 1.36. The molecule has 0 fully saturated rings. The molecule has 0 N–H and O–H groups in total. The second-order valence-electron chi connectivity index (χ2n) is 4.45. The van der Waals surface area contributed by atoms with Gasteiger partial charge in [0.15, 0.2) is 0 Å². The Hall–Kier alpha value is -1.81. The number of hydrogen-bond donors (Lipinski definition) is 0. The number of aromatic nitrogens is 2. The molecular formula is C11H12F7N3O. The lowest BCUT2D eigenvalue weighted by atomic mass is 10.1.